The van der Waals surface area contributed by atoms with Crippen LogP contribution in [0.1, 0.15) is 11.4 Å². The fraction of sp³-hybridized carbons (Fsp3) is 0.167. The summed E-state index contributed by atoms with van der Waals surface area (Å²) in [6.45, 7) is 1.77. The predicted octanol–water partition coefficient (Wildman–Crippen LogP) is 0.856. The van der Waals surface area contributed by atoms with Gasteiger partial charge < -0.3 is 5.32 Å². The van der Waals surface area contributed by atoms with Gasteiger partial charge in [0.05, 0.1) is 11.9 Å². The maximum Gasteiger partial charge on any atom is 0.229 e. The number of aromatic nitrogens is 4. The maximum absolute atomic E-state index is 11.2. The fourth-order valence-corrected chi connectivity index (χ4v) is 2.27. The van der Waals surface area contributed by atoms with Crippen LogP contribution in [0.25, 0.3) is 5.57 Å². The number of benzene rings is 1. The smallest absolute Gasteiger partial charge is 0.229 e. The third kappa shape index (κ3) is 4.03. The van der Waals surface area contributed by atoms with E-state index in [0.717, 1.165) is 11.8 Å². The van der Waals surface area contributed by atoms with Crippen LogP contribution in [0.5, 0.6) is 0 Å². The predicted molar refractivity (Wildman–Crippen MR) is 81.0 cm³/mol. The van der Waals surface area contributed by atoms with E-state index in [1.165, 1.54) is 6.20 Å². The van der Waals surface area contributed by atoms with Crippen molar-refractivity contribution in [3.05, 3.63) is 35.8 Å². The van der Waals surface area contributed by atoms with Gasteiger partial charge in [-0.2, -0.15) is 10.5 Å². The molecule has 0 amide bonds. The number of nitrogens with one attached hydrogen (secondary N) is 3. The molecule has 0 saturated carbocycles. The van der Waals surface area contributed by atoms with Gasteiger partial charge in [-0.05, 0) is 35.9 Å². The van der Waals surface area contributed by atoms with Crippen molar-refractivity contribution in [2.24, 2.45) is 0 Å². The third-order valence-electron chi connectivity index (χ3n) is 2.61. The van der Waals surface area contributed by atoms with Gasteiger partial charge in [0.1, 0.15) is 11.6 Å². The number of H-pyrrole nitrogens is 1. The van der Waals surface area contributed by atoms with E-state index in [2.05, 4.69) is 30.7 Å². The first-order chi connectivity index (χ1) is 10.4. The first-order valence-corrected chi connectivity index (χ1v) is 7.97. The first kappa shape index (κ1) is 15.5. The van der Waals surface area contributed by atoms with Crippen molar-refractivity contribution < 1.29 is 8.42 Å². The topological polar surface area (TPSA) is 136 Å². The van der Waals surface area contributed by atoms with Gasteiger partial charge in [0, 0.05) is 11.9 Å². The lowest BCUT2D eigenvalue weighted by atomic mass is 10.2. The lowest BCUT2D eigenvalue weighted by molar-refractivity contribution is 0.607. The van der Waals surface area contributed by atoms with E-state index in [0.29, 0.717) is 11.4 Å². The minimum absolute atomic E-state index is 0.182. The summed E-state index contributed by atoms with van der Waals surface area (Å²) in [5.41, 5.74) is 2.13. The number of nitriles is 1. The molecule has 114 valence electrons. The molecule has 0 aliphatic carbocycles. The number of hydrogen-bond donors (Lipinski definition) is 3. The van der Waals surface area contributed by atoms with Gasteiger partial charge in [0.25, 0.3) is 0 Å². The molecular formula is C12H13N7O2S. The van der Waals surface area contributed by atoms with Gasteiger partial charge in [-0.1, -0.05) is 0 Å². The maximum atomic E-state index is 11.2. The zero-order valence-corrected chi connectivity index (χ0v) is 12.6. The molecule has 0 aliphatic rings. The molecule has 2 aromatic rings. The molecule has 0 atom stereocenters. The fourth-order valence-electron chi connectivity index (χ4n) is 1.65. The van der Waals surface area contributed by atoms with Crippen molar-refractivity contribution in [3.8, 4) is 6.07 Å². The van der Waals surface area contributed by atoms with Crippen LogP contribution in [-0.4, -0.2) is 35.3 Å². The Morgan fingerprint density at radius 1 is 1.45 bits per heavy atom. The summed E-state index contributed by atoms with van der Waals surface area (Å²) < 4.78 is 24.9. The largest absolute Gasteiger partial charge is 0.360 e. The zero-order valence-electron chi connectivity index (χ0n) is 11.8. The Bertz CT molecular complexity index is 835. The SMILES string of the molecule is Cc1cc(NC=C(C#N)c2nn[nH]n2)ccc1NS(C)(=O)=O. The van der Waals surface area contributed by atoms with Crippen molar-refractivity contribution in [2.75, 3.05) is 16.3 Å². The van der Waals surface area contributed by atoms with Crippen LogP contribution in [-0.2, 0) is 10.0 Å². The molecule has 0 radical (unpaired) electrons. The minimum Gasteiger partial charge on any atom is -0.360 e. The second-order valence-corrected chi connectivity index (χ2v) is 6.20. The summed E-state index contributed by atoms with van der Waals surface area (Å²) in [4.78, 5) is 0. The number of anilines is 2. The van der Waals surface area contributed by atoms with Gasteiger partial charge in [-0.15, -0.1) is 10.2 Å². The minimum atomic E-state index is -3.32. The van der Waals surface area contributed by atoms with Crippen LogP contribution in [0.15, 0.2) is 24.4 Å². The lowest BCUT2D eigenvalue weighted by Gasteiger charge is -2.09. The molecule has 0 fully saturated rings. The number of aryl methyl sites for hydroxylation is 1. The molecule has 0 aliphatic heterocycles. The van der Waals surface area contributed by atoms with Crippen LogP contribution in [0, 0.1) is 18.3 Å². The summed E-state index contributed by atoms with van der Waals surface area (Å²) in [6, 6.07) is 7.01. The number of aromatic amines is 1. The highest BCUT2D eigenvalue weighted by Gasteiger charge is 2.07. The monoisotopic (exact) mass is 319 g/mol. The molecule has 1 heterocycles. The highest BCUT2D eigenvalue weighted by molar-refractivity contribution is 7.92. The molecule has 0 saturated heterocycles. The van der Waals surface area contributed by atoms with Crippen molar-refractivity contribution in [2.45, 2.75) is 6.92 Å². The molecular weight excluding hydrogens is 306 g/mol. The van der Waals surface area contributed by atoms with E-state index >= 15 is 0 Å². The Balaban J connectivity index is 2.18. The molecule has 9 nitrogen and oxygen atoms in total. The molecule has 10 heteroatoms. The van der Waals surface area contributed by atoms with Gasteiger partial charge in [-0.3, -0.25) is 4.72 Å². The first-order valence-electron chi connectivity index (χ1n) is 6.08. The number of allylic oxidation sites excluding steroid dienone is 1. The molecule has 22 heavy (non-hydrogen) atoms. The molecule has 0 bridgehead atoms. The highest BCUT2D eigenvalue weighted by Crippen LogP contribution is 2.21. The van der Waals surface area contributed by atoms with E-state index in [4.69, 9.17) is 5.26 Å². The van der Waals surface area contributed by atoms with Crippen LogP contribution in [0.3, 0.4) is 0 Å². The quantitative estimate of drug-likeness (QED) is 0.695. The highest BCUT2D eigenvalue weighted by atomic mass is 32.2. The van der Waals surface area contributed by atoms with Gasteiger partial charge >= 0.3 is 0 Å². The van der Waals surface area contributed by atoms with Crippen molar-refractivity contribution in [3.63, 3.8) is 0 Å². The number of nitrogens with zero attached hydrogens (tertiary/aromatic N) is 4. The van der Waals surface area contributed by atoms with Crippen LogP contribution in [0.4, 0.5) is 11.4 Å². The standard InChI is InChI=1S/C12H13N7O2S/c1-8-5-10(3-4-11(8)17-22(2,20)21)14-7-9(6-13)12-15-18-19-16-12/h3-5,7,14,17H,1-2H3,(H,15,16,18,19). The van der Waals surface area contributed by atoms with Crippen LogP contribution < -0.4 is 10.0 Å². The molecule has 0 unspecified atom stereocenters. The second-order valence-electron chi connectivity index (χ2n) is 4.45. The van der Waals surface area contributed by atoms with E-state index in [1.54, 1.807) is 25.1 Å². The summed E-state index contributed by atoms with van der Waals surface area (Å²) in [7, 11) is -3.32. The van der Waals surface area contributed by atoms with Crippen molar-refractivity contribution >= 4 is 27.0 Å². The molecule has 2 rings (SSSR count). The Morgan fingerprint density at radius 3 is 2.77 bits per heavy atom. The normalized spacial score (nSPS) is 11.8. The Hall–Kier alpha value is -2.93. The van der Waals surface area contributed by atoms with Crippen LogP contribution >= 0.6 is 0 Å². The number of hydrogen-bond acceptors (Lipinski definition) is 7. The van der Waals surface area contributed by atoms with E-state index in [9.17, 15) is 8.42 Å². The van der Waals surface area contributed by atoms with Gasteiger partial charge in [0.2, 0.25) is 15.8 Å². The summed E-state index contributed by atoms with van der Waals surface area (Å²) in [6.07, 6.45) is 2.54. The average molecular weight is 319 g/mol. The van der Waals surface area contributed by atoms with E-state index in [-0.39, 0.29) is 11.4 Å². The van der Waals surface area contributed by atoms with E-state index < -0.39 is 10.0 Å². The van der Waals surface area contributed by atoms with Crippen molar-refractivity contribution in [1.82, 2.24) is 20.6 Å². The molecule has 3 N–H and O–H groups in total. The Labute approximate surface area is 127 Å². The number of tetrazole rings is 1. The molecule has 1 aromatic carbocycles. The Morgan fingerprint density at radius 2 is 2.23 bits per heavy atom. The van der Waals surface area contributed by atoms with Crippen molar-refractivity contribution in [1.29, 1.82) is 5.26 Å². The summed E-state index contributed by atoms with van der Waals surface area (Å²) >= 11 is 0. The zero-order chi connectivity index (χ0) is 16.2. The molecule has 0 spiro atoms. The average Bonchev–Trinajstić information content (AvgIpc) is 2.95. The van der Waals surface area contributed by atoms with Gasteiger partial charge in [-0.25, -0.2) is 8.42 Å². The summed E-state index contributed by atoms with van der Waals surface area (Å²) in [5.74, 6) is 0.182. The molecule has 1 aromatic heterocycles. The number of rotatable bonds is 5. The third-order valence-corrected chi connectivity index (χ3v) is 3.20. The Kier molecular flexibility index (Phi) is 4.38. The van der Waals surface area contributed by atoms with Gasteiger partial charge in [0.15, 0.2) is 0 Å². The van der Waals surface area contributed by atoms with E-state index in [1.807, 2.05) is 6.07 Å². The lowest BCUT2D eigenvalue weighted by Crippen LogP contribution is -2.10. The second kappa shape index (κ2) is 6.23. The number of sulfonamides is 1. The summed E-state index contributed by atoms with van der Waals surface area (Å²) in [5, 5.41) is 25.1. The van der Waals surface area contributed by atoms with Crippen LogP contribution in [0.2, 0.25) is 0 Å².